The quantitative estimate of drug-likeness (QED) is 0.800. The predicted molar refractivity (Wildman–Crippen MR) is 61.3 cm³/mol. The average molecular weight is 221 g/mol. The molecule has 3 rings (SSSR count). The van der Waals surface area contributed by atoms with Crippen LogP contribution in [0, 0.1) is 5.92 Å². The van der Waals surface area contributed by atoms with Crippen LogP contribution < -0.4 is 0 Å². The zero-order valence-electron chi connectivity index (χ0n) is 9.48. The lowest BCUT2D eigenvalue weighted by Gasteiger charge is -2.48. The lowest BCUT2D eigenvalue weighted by molar-refractivity contribution is -0.105. The molecule has 2 N–H and O–H groups in total. The van der Waals surface area contributed by atoms with Gasteiger partial charge in [-0.2, -0.15) is 0 Å². The van der Waals surface area contributed by atoms with Crippen molar-refractivity contribution < 1.29 is 9.84 Å². The minimum Gasteiger partial charge on any atom is -0.393 e. The third kappa shape index (κ3) is 1.50. The first kappa shape index (κ1) is 10.4. The molecule has 0 unspecified atom stereocenters. The smallest absolute Gasteiger partial charge is 0.0602 e. The molecule has 1 aromatic rings. The van der Waals surface area contributed by atoms with E-state index in [0.29, 0.717) is 5.92 Å². The second-order valence-corrected chi connectivity index (χ2v) is 5.24. The number of H-pyrrole nitrogens is 1. The number of hydrogen-bond donors (Lipinski definition) is 2. The van der Waals surface area contributed by atoms with E-state index in [1.54, 1.807) is 0 Å². The fourth-order valence-corrected chi connectivity index (χ4v) is 3.20. The molecule has 2 heterocycles. The van der Waals surface area contributed by atoms with E-state index < -0.39 is 0 Å². The Morgan fingerprint density at radius 3 is 2.50 bits per heavy atom. The predicted octanol–water partition coefficient (Wildman–Crippen LogP) is 1.83. The second-order valence-electron chi connectivity index (χ2n) is 5.24. The van der Waals surface area contributed by atoms with Crippen molar-refractivity contribution in [3.63, 3.8) is 0 Å². The first-order chi connectivity index (χ1) is 7.81. The summed E-state index contributed by atoms with van der Waals surface area (Å²) in [5, 5.41) is 9.57. The van der Waals surface area contributed by atoms with Crippen LogP contribution >= 0.6 is 0 Å². The van der Waals surface area contributed by atoms with Crippen molar-refractivity contribution in [3.8, 4) is 0 Å². The number of aliphatic hydroxyl groups is 1. The van der Waals surface area contributed by atoms with Crippen LogP contribution in [0.2, 0.25) is 0 Å². The van der Waals surface area contributed by atoms with E-state index in [0.717, 1.165) is 38.9 Å². The molecule has 0 atom stereocenters. The fraction of sp³-hybridized carbons (Fsp3) is 0.692. The normalized spacial score (nSPS) is 33.3. The van der Waals surface area contributed by atoms with E-state index in [-0.39, 0.29) is 11.5 Å². The number of ether oxygens (including phenoxy) is 1. The van der Waals surface area contributed by atoms with Gasteiger partial charge in [-0.15, -0.1) is 0 Å². The van der Waals surface area contributed by atoms with E-state index >= 15 is 0 Å². The molecule has 88 valence electrons. The van der Waals surface area contributed by atoms with Crippen LogP contribution in [-0.4, -0.2) is 29.4 Å². The third-order valence-electron chi connectivity index (χ3n) is 4.33. The number of aliphatic hydroxyl groups excluding tert-OH is 1. The molecule has 0 bridgehead atoms. The van der Waals surface area contributed by atoms with Crippen molar-refractivity contribution in [2.45, 2.75) is 37.2 Å². The Labute approximate surface area is 95.8 Å². The van der Waals surface area contributed by atoms with Crippen molar-refractivity contribution >= 4 is 0 Å². The van der Waals surface area contributed by atoms with Gasteiger partial charge >= 0.3 is 0 Å². The molecule has 3 nitrogen and oxygen atoms in total. The monoisotopic (exact) mass is 221 g/mol. The Kier molecular flexibility index (Phi) is 2.52. The van der Waals surface area contributed by atoms with Gasteiger partial charge in [0.25, 0.3) is 0 Å². The molecule has 1 aromatic heterocycles. The van der Waals surface area contributed by atoms with Crippen LogP contribution in [0.4, 0.5) is 0 Å². The molecular weight excluding hydrogens is 202 g/mol. The van der Waals surface area contributed by atoms with Gasteiger partial charge in [0.05, 0.1) is 24.7 Å². The van der Waals surface area contributed by atoms with Gasteiger partial charge in [-0.05, 0) is 43.7 Å². The van der Waals surface area contributed by atoms with Gasteiger partial charge in [0.1, 0.15) is 0 Å². The summed E-state index contributed by atoms with van der Waals surface area (Å²) >= 11 is 0. The van der Waals surface area contributed by atoms with Gasteiger partial charge in [0.15, 0.2) is 0 Å². The summed E-state index contributed by atoms with van der Waals surface area (Å²) in [6, 6.07) is 4.24. The van der Waals surface area contributed by atoms with Gasteiger partial charge in [0, 0.05) is 11.9 Å². The molecule has 1 saturated carbocycles. The Bertz CT molecular complexity index is 335. The van der Waals surface area contributed by atoms with Crippen molar-refractivity contribution in [1.82, 2.24) is 4.98 Å². The maximum Gasteiger partial charge on any atom is 0.0602 e. The molecule has 2 aliphatic rings. The maximum absolute atomic E-state index is 9.57. The number of hydrogen-bond acceptors (Lipinski definition) is 2. The summed E-state index contributed by atoms with van der Waals surface area (Å²) < 4.78 is 5.46. The average Bonchev–Trinajstić information content (AvgIpc) is 2.73. The Hall–Kier alpha value is -0.800. The molecule has 1 saturated heterocycles. The van der Waals surface area contributed by atoms with Crippen LogP contribution in [0.5, 0.6) is 0 Å². The first-order valence-corrected chi connectivity index (χ1v) is 6.21. The summed E-state index contributed by atoms with van der Waals surface area (Å²) in [7, 11) is 0. The van der Waals surface area contributed by atoms with Crippen molar-refractivity contribution in [2.75, 3.05) is 13.2 Å². The molecule has 0 spiro atoms. The minimum absolute atomic E-state index is 0.0714. The third-order valence-corrected chi connectivity index (χ3v) is 4.33. The van der Waals surface area contributed by atoms with Crippen molar-refractivity contribution in [1.29, 1.82) is 0 Å². The highest BCUT2D eigenvalue weighted by Gasteiger charge is 2.48. The molecule has 0 radical (unpaired) electrons. The molecular formula is C13H19NO2. The van der Waals surface area contributed by atoms with E-state index in [4.69, 9.17) is 4.74 Å². The summed E-state index contributed by atoms with van der Waals surface area (Å²) in [5.41, 5.74) is 1.53. The molecule has 1 aliphatic heterocycles. The van der Waals surface area contributed by atoms with Crippen molar-refractivity contribution in [3.05, 3.63) is 24.0 Å². The first-order valence-electron chi connectivity index (χ1n) is 6.21. The molecule has 16 heavy (non-hydrogen) atoms. The Morgan fingerprint density at radius 2 is 2.00 bits per heavy atom. The SMILES string of the molecule is OC1CCC(C2(c3ccc[nH]3)COC2)CC1. The lowest BCUT2D eigenvalue weighted by Crippen LogP contribution is -2.53. The van der Waals surface area contributed by atoms with Gasteiger partial charge in [0.2, 0.25) is 0 Å². The summed E-state index contributed by atoms with van der Waals surface area (Å²) in [5.74, 6) is 0.670. The molecule has 2 fully saturated rings. The Morgan fingerprint density at radius 1 is 1.25 bits per heavy atom. The van der Waals surface area contributed by atoms with Crippen molar-refractivity contribution in [2.24, 2.45) is 5.92 Å². The molecule has 0 aromatic carbocycles. The lowest BCUT2D eigenvalue weighted by atomic mass is 9.65. The van der Waals surface area contributed by atoms with Gasteiger partial charge < -0.3 is 14.8 Å². The standard InChI is InChI=1S/C13H19NO2/c15-11-5-3-10(4-6-11)13(8-16-9-13)12-2-1-7-14-12/h1-2,7,10-11,14-15H,3-6,8-9H2. The fourth-order valence-electron chi connectivity index (χ4n) is 3.20. The summed E-state index contributed by atoms with van der Waals surface area (Å²) in [4.78, 5) is 3.35. The topological polar surface area (TPSA) is 45.2 Å². The highest BCUT2D eigenvalue weighted by molar-refractivity contribution is 5.23. The van der Waals surface area contributed by atoms with Crippen LogP contribution in [0.1, 0.15) is 31.4 Å². The second kappa shape index (κ2) is 3.90. The van der Waals surface area contributed by atoms with Gasteiger partial charge in [-0.1, -0.05) is 0 Å². The Balaban J connectivity index is 1.80. The number of rotatable bonds is 2. The van der Waals surface area contributed by atoms with Crippen LogP contribution in [0.25, 0.3) is 0 Å². The number of aromatic nitrogens is 1. The molecule has 0 amide bonds. The van der Waals surface area contributed by atoms with E-state index in [1.807, 2.05) is 6.20 Å². The zero-order valence-corrected chi connectivity index (χ0v) is 9.48. The minimum atomic E-state index is -0.0714. The van der Waals surface area contributed by atoms with Crippen LogP contribution in [0.15, 0.2) is 18.3 Å². The van der Waals surface area contributed by atoms with E-state index in [1.165, 1.54) is 5.69 Å². The molecule has 1 aliphatic carbocycles. The van der Waals surface area contributed by atoms with Crippen LogP contribution in [-0.2, 0) is 10.2 Å². The van der Waals surface area contributed by atoms with Crippen LogP contribution in [0.3, 0.4) is 0 Å². The highest BCUT2D eigenvalue weighted by atomic mass is 16.5. The number of aromatic amines is 1. The van der Waals surface area contributed by atoms with E-state index in [9.17, 15) is 5.11 Å². The summed E-state index contributed by atoms with van der Waals surface area (Å²) in [6.07, 6.45) is 6.08. The highest BCUT2D eigenvalue weighted by Crippen LogP contribution is 2.45. The van der Waals surface area contributed by atoms with Gasteiger partial charge in [-0.3, -0.25) is 0 Å². The zero-order chi connectivity index (χ0) is 11.0. The van der Waals surface area contributed by atoms with E-state index in [2.05, 4.69) is 17.1 Å². The summed E-state index contributed by atoms with van der Waals surface area (Å²) in [6.45, 7) is 1.68. The maximum atomic E-state index is 9.57. The molecule has 3 heteroatoms. The van der Waals surface area contributed by atoms with Gasteiger partial charge in [-0.25, -0.2) is 0 Å². The number of nitrogens with one attached hydrogen (secondary N) is 1. The largest absolute Gasteiger partial charge is 0.393 e.